The third-order valence-corrected chi connectivity index (χ3v) is 6.07. The number of nitrogens with zero attached hydrogens (tertiary/aromatic N) is 4. The van der Waals surface area contributed by atoms with E-state index < -0.39 is 16.7 Å². The van der Waals surface area contributed by atoms with Crippen molar-refractivity contribution in [2.75, 3.05) is 39.4 Å². The Bertz CT molecular complexity index is 726. The normalized spacial score (nSPS) is 18.3. The molecule has 2 heterocycles. The topological polar surface area (TPSA) is 66.4 Å². The summed E-state index contributed by atoms with van der Waals surface area (Å²) in [5, 5.41) is 0. The van der Waals surface area contributed by atoms with Crippen molar-refractivity contribution in [3.05, 3.63) is 18.2 Å². The first-order valence-electron chi connectivity index (χ1n) is 6.62. The van der Waals surface area contributed by atoms with Crippen molar-refractivity contribution in [3.63, 3.8) is 0 Å². The first-order valence-corrected chi connectivity index (χ1v) is 8.80. The summed E-state index contributed by atoms with van der Waals surface area (Å²) in [5.41, 5.74) is 1.02. The molecule has 1 aliphatic heterocycles. The Kier molecular flexibility index (Phi) is 4.16. The number of benzene rings is 1. The number of hydrogen-bond acceptors (Lipinski definition) is 6. The maximum atomic E-state index is 12.7. The zero-order chi connectivity index (χ0) is 14.9. The molecule has 114 valence electrons. The maximum Gasteiger partial charge on any atom is 0.245 e. The van der Waals surface area contributed by atoms with Crippen LogP contribution in [0.3, 0.4) is 0 Å². The smallest absolute Gasteiger partial charge is 0.245 e. The Hall–Kier alpha value is -1.16. The van der Waals surface area contributed by atoms with Crippen LogP contribution in [0.2, 0.25) is 0 Å². The number of aromatic nitrogens is 2. The quantitative estimate of drug-likeness (QED) is 0.836. The van der Waals surface area contributed by atoms with E-state index in [1.54, 1.807) is 18.2 Å². The van der Waals surface area contributed by atoms with Gasteiger partial charge < -0.3 is 0 Å². The largest absolute Gasteiger partial charge is 0.298 e. The Labute approximate surface area is 126 Å². The highest BCUT2D eigenvalue weighted by atomic mass is 32.2. The zero-order valence-corrected chi connectivity index (χ0v) is 12.9. The minimum atomic E-state index is -3.58. The molecule has 1 aliphatic rings. The molecule has 1 aromatic carbocycles. The lowest BCUT2D eigenvalue weighted by Crippen LogP contribution is -2.49. The van der Waals surface area contributed by atoms with Gasteiger partial charge in [-0.25, -0.2) is 12.8 Å². The standard InChI is InChI=1S/C12H15FN4O2S2/c13-4-5-16-6-8-17(9-7-16)21(18,19)11-3-1-2-10-12(11)15-20-14-10/h1-3H,4-9H2. The first kappa shape index (κ1) is 14.8. The summed E-state index contributed by atoms with van der Waals surface area (Å²) < 4.78 is 47.4. The fraction of sp³-hybridized carbons (Fsp3) is 0.500. The van der Waals surface area contributed by atoms with Crippen LogP contribution < -0.4 is 0 Å². The van der Waals surface area contributed by atoms with Crippen LogP contribution in [0.4, 0.5) is 4.39 Å². The highest BCUT2D eigenvalue weighted by Crippen LogP contribution is 2.25. The van der Waals surface area contributed by atoms with Crippen LogP contribution in [0, 0.1) is 0 Å². The molecule has 6 nitrogen and oxygen atoms in total. The molecule has 3 rings (SSSR count). The average Bonchev–Trinajstić information content (AvgIpc) is 2.96. The van der Waals surface area contributed by atoms with E-state index in [9.17, 15) is 12.8 Å². The summed E-state index contributed by atoms with van der Waals surface area (Å²) in [4.78, 5) is 2.13. The fourth-order valence-corrected chi connectivity index (χ4v) is 4.62. The second-order valence-corrected chi connectivity index (χ2v) is 7.26. The van der Waals surface area contributed by atoms with Gasteiger partial charge >= 0.3 is 0 Å². The van der Waals surface area contributed by atoms with Crippen molar-refractivity contribution in [1.82, 2.24) is 18.0 Å². The van der Waals surface area contributed by atoms with E-state index in [4.69, 9.17) is 0 Å². The van der Waals surface area contributed by atoms with Crippen molar-refractivity contribution >= 4 is 32.8 Å². The zero-order valence-electron chi connectivity index (χ0n) is 11.3. The summed E-state index contributed by atoms with van der Waals surface area (Å²) in [5.74, 6) is 0. The molecule has 1 aromatic heterocycles. The first-order chi connectivity index (χ1) is 10.1. The van der Waals surface area contributed by atoms with E-state index in [1.165, 1.54) is 4.31 Å². The van der Waals surface area contributed by atoms with Crippen LogP contribution in [-0.2, 0) is 10.0 Å². The van der Waals surface area contributed by atoms with Crippen LogP contribution in [0.5, 0.6) is 0 Å². The van der Waals surface area contributed by atoms with E-state index in [0.717, 1.165) is 11.7 Å². The molecule has 0 aliphatic carbocycles. The lowest BCUT2D eigenvalue weighted by atomic mass is 10.3. The van der Waals surface area contributed by atoms with Gasteiger partial charge in [-0.05, 0) is 12.1 Å². The van der Waals surface area contributed by atoms with Crippen molar-refractivity contribution in [3.8, 4) is 0 Å². The van der Waals surface area contributed by atoms with Gasteiger partial charge in [0.05, 0.1) is 11.7 Å². The molecule has 0 amide bonds. The summed E-state index contributed by atoms with van der Waals surface area (Å²) in [7, 11) is -3.58. The number of sulfonamides is 1. The molecule has 0 spiro atoms. The van der Waals surface area contributed by atoms with Gasteiger partial charge in [0, 0.05) is 32.7 Å². The Morgan fingerprint density at radius 2 is 1.95 bits per heavy atom. The van der Waals surface area contributed by atoms with Crippen molar-refractivity contribution in [2.24, 2.45) is 0 Å². The van der Waals surface area contributed by atoms with Crippen LogP contribution in [-0.4, -0.2) is 65.8 Å². The molecule has 0 bridgehead atoms. The predicted molar refractivity (Wildman–Crippen MR) is 78.6 cm³/mol. The minimum Gasteiger partial charge on any atom is -0.298 e. The minimum absolute atomic E-state index is 0.202. The Morgan fingerprint density at radius 1 is 1.19 bits per heavy atom. The molecule has 21 heavy (non-hydrogen) atoms. The van der Waals surface area contributed by atoms with Gasteiger partial charge in [-0.3, -0.25) is 4.90 Å². The lowest BCUT2D eigenvalue weighted by molar-refractivity contribution is 0.177. The Balaban J connectivity index is 1.86. The highest BCUT2D eigenvalue weighted by Gasteiger charge is 2.30. The molecule has 1 fully saturated rings. The lowest BCUT2D eigenvalue weighted by Gasteiger charge is -2.33. The third kappa shape index (κ3) is 2.78. The van der Waals surface area contributed by atoms with Gasteiger partial charge in [0.25, 0.3) is 0 Å². The molecule has 0 saturated carbocycles. The number of piperazine rings is 1. The van der Waals surface area contributed by atoms with Crippen LogP contribution in [0.1, 0.15) is 0 Å². The van der Waals surface area contributed by atoms with Gasteiger partial charge in [-0.2, -0.15) is 13.1 Å². The maximum absolute atomic E-state index is 12.7. The molecule has 2 aromatic rings. The average molecular weight is 330 g/mol. The van der Waals surface area contributed by atoms with Crippen LogP contribution in [0.15, 0.2) is 23.1 Å². The predicted octanol–water partition coefficient (Wildman–Crippen LogP) is 0.967. The summed E-state index contributed by atoms with van der Waals surface area (Å²) in [6.45, 7) is 1.80. The molecule has 9 heteroatoms. The van der Waals surface area contributed by atoms with E-state index in [1.807, 2.05) is 4.90 Å². The second-order valence-electron chi connectivity index (χ2n) is 4.82. The van der Waals surface area contributed by atoms with Gasteiger partial charge in [0.15, 0.2) is 0 Å². The third-order valence-electron chi connectivity index (χ3n) is 3.60. The summed E-state index contributed by atoms with van der Waals surface area (Å²) in [6, 6.07) is 4.99. The van der Waals surface area contributed by atoms with E-state index in [0.29, 0.717) is 43.8 Å². The molecule has 0 unspecified atom stereocenters. The van der Waals surface area contributed by atoms with E-state index in [-0.39, 0.29) is 4.90 Å². The van der Waals surface area contributed by atoms with Gasteiger partial charge in [0.2, 0.25) is 10.0 Å². The van der Waals surface area contributed by atoms with Gasteiger partial charge in [-0.15, -0.1) is 0 Å². The van der Waals surface area contributed by atoms with E-state index >= 15 is 0 Å². The number of halogens is 1. The fourth-order valence-electron chi connectivity index (χ4n) is 2.44. The van der Waals surface area contributed by atoms with Crippen LogP contribution >= 0.6 is 11.7 Å². The SMILES string of the molecule is O=S(=O)(c1cccc2nsnc12)N1CCN(CCF)CC1. The van der Waals surface area contributed by atoms with Gasteiger partial charge in [0.1, 0.15) is 22.6 Å². The number of rotatable bonds is 4. The van der Waals surface area contributed by atoms with Crippen molar-refractivity contribution < 1.29 is 12.8 Å². The van der Waals surface area contributed by atoms with Crippen molar-refractivity contribution in [2.45, 2.75) is 4.90 Å². The number of fused-ring (bicyclic) bond motifs is 1. The molecule has 0 N–H and O–H groups in total. The van der Waals surface area contributed by atoms with Crippen molar-refractivity contribution in [1.29, 1.82) is 0 Å². The molecule has 0 radical (unpaired) electrons. The Morgan fingerprint density at radius 3 is 2.67 bits per heavy atom. The highest BCUT2D eigenvalue weighted by molar-refractivity contribution is 7.89. The molecular formula is C12H15FN4O2S2. The number of hydrogen-bond donors (Lipinski definition) is 0. The summed E-state index contributed by atoms with van der Waals surface area (Å²) >= 11 is 1.00. The van der Waals surface area contributed by atoms with Crippen LogP contribution in [0.25, 0.3) is 11.0 Å². The van der Waals surface area contributed by atoms with Gasteiger partial charge in [-0.1, -0.05) is 6.07 Å². The monoisotopic (exact) mass is 330 g/mol. The molecular weight excluding hydrogens is 315 g/mol. The summed E-state index contributed by atoms with van der Waals surface area (Å²) in [6.07, 6.45) is 0. The number of alkyl halides is 1. The molecule has 1 saturated heterocycles. The molecule has 0 atom stereocenters. The second kappa shape index (κ2) is 5.91. The van der Waals surface area contributed by atoms with E-state index in [2.05, 4.69) is 8.75 Å².